The predicted molar refractivity (Wildman–Crippen MR) is 83.1 cm³/mol. The summed E-state index contributed by atoms with van der Waals surface area (Å²) in [5.41, 5.74) is 1.12. The van der Waals surface area contributed by atoms with Gasteiger partial charge >= 0.3 is 0 Å². The highest BCUT2D eigenvalue weighted by Gasteiger charge is 2.13. The van der Waals surface area contributed by atoms with Gasteiger partial charge in [-0.2, -0.15) is 0 Å². The van der Waals surface area contributed by atoms with Crippen molar-refractivity contribution in [2.75, 3.05) is 0 Å². The van der Waals surface area contributed by atoms with Gasteiger partial charge in [-0.05, 0) is 42.3 Å². The summed E-state index contributed by atoms with van der Waals surface area (Å²) < 4.78 is 26.1. The van der Waals surface area contributed by atoms with Gasteiger partial charge in [-0.25, -0.2) is 8.78 Å². The smallest absolute Gasteiger partial charge is 0.224 e. The van der Waals surface area contributed by atoms with Gasteiger partial charge in [-0.15, -0.1) is 0 Å². The van der Waals surface area contributed by atoms with E-state index in [1.54, 1.807) is 25.1 Å². The fraction of sp³-hybridized carbons (Fsp3) is 0.188. The van der Waals surface area contributed by atoms with Gasteiger partial charge in [0.25, 0.3) is 0 Å². The topological polar surface area (TPSA) is 29.1 Å². The minimum Gasteiger partial charge on any atom is -0.349 e. The van der Waals surface area contributed by atoms with E-state index in [0.717, 1.165) is 12.1 Å². The highest BCUT2D eigenvalue weighted by Crippen LogP contribution is 2.22. The number of carbonyl (C=O) groups is 1. The number of benzene rings is 2. The van der Waals surface area contributed by atoms with Crippen molar-refractivity contribution in [3.63, 3.8) is 0 Å². The van der Waals surface area contributed by atoms with Crippen LogP contribution >= 0.6 is 23.2 Å². The van der Waals surface area contributed by atoms with Crippen molar-refractivity contribution in [1.82, 2.24) is 5.32 Å². The van der Waals surface area contributed by atoms with E-state index in [-0.39, 0.29) is 12.3 Å². The lowest BCUT2D eigenvalue weighted by Crippen LogP contribution is -2.28. The molecule has 0 heterocycles. The molecule has 1 atom stereocenters. The van der Waals surface area contributed by atoms with Crippen molar-refractivity contribution in [3.05, 3.63) is 69.2 Å². The highest BCUT2D eigenvalue weighted by atomic mass is 35.5. The second-order valence-corrected chi connectivity index (χ2v) is 5.72. The summed E-state index contributed by atoms with van der Waals surface area (Å²) in [6.07, 6.45) is 0.0734. The summed E-state index contributed by atoms with van der Waals surface area (Å²) in [6.45, 7) is 1.69. The van der Waals surface area contributed by atoms with Crippen molar-refractivity contribution in [1.29, 1.82) is 0 Å². The molecule has 0 aliphatic heterocycles. The van der Waals surface area contributed by atoms with E-state index in [2.05, 4.69) is 5.32 Å². The van der Waals surface area contributed by atoms with E-state index in [4.69, 9.17) is 23.2 Å². The van der Waals surface area contributed by atoms with Crippen molar-refractivity contribution in [2.24, 2.45) is 0 Å². The lowest BCUT2D eigenvalue weighted by Gasteiger charge is -2.15. The Bertz CT molecular complexity index is 707. The number of hydrogen-bond donors (Lipinski definition) is 1. The van der Waals surface area contributed by atoms with Crippen molar-refractivity contribution in [3.8, 4) is 0 Å². The van der Waals surface area contributed by atoms with Crippen LogP contribution in [0.4, 0.5) is 8.78 Å². The molecule has 0 aliphatic rings. The van der Waals surface area contributed by atoms with Gasteiger partial charge in [0.1, 0.15) is 0 Å². The predicted octanol–water partition coefficient (Wildman–Crippen LogP) is 4.69. The molecule has 2 rings (SSSR count). The maximum Gasteiger partial charge on any atom is 0.224 e. The maximum absolute atomic E-state index is 13.2. The molecular formula is C16H13Cl2F2NO. The molecule has 2 nitrogen and oxygen atoms in total. The van der Waals surface area contributed by atoms with E-state index >= 15 is 0 Å². The maximum atomic E-state index is 13.2. The van der Waals surface area contributed by atoms with Crippen LogP contribution < -0.4 is 5.32 Å². The third kappa shape index (κ3) is 4.18. The summed E-state index contributed by atoms with van der Waals surface area (Å²) in [7, 11) is 0. The first kappa shape index (κ1) is 16.7. The molecule has 0 aliphatic carbocycles. The van der Waals surface area contributed by atoms with Crippen LogP contribution in [0.5, 0.6) is 0 Å². The third-order valence-corrected chi connectivity index (χ3v) is 3.77. The number of amides is 1. The van der Waals surface area contributed by atoms with Crippen LogP contribution in [0.25, 0.3) is 0 Å². The van der Waals surface area contributed by atoms with Crippen molar-refractivity contribution in [2.45, 2.75) is 19.4 Å². The standard InChI is InChI=1S/C16H13Cl2F2NO/c1-9(10-3-5-14(19)15(20)6-10)21-16(22)7-11-2-4-12(17)8-13(11)18/h2-6,8-9H,7H2,1H3,(H,21,22). The molecule has 116 valence electrons. The van der Waals surface area contributed by atoms with Crippen LogP contribution in [0.3, 0.4) is 0 Å². The molecule has 0 aromatic heterocycles. The second kappa shape index (κ2) is 7.07. The van der Waals surface area contributed by atoms with Crippen LogP contribution in [0.15, 0.2) is 36.4 Å². The molecule has 0 fully saturated rings. The van der Waals surface area contributed by atoms with Gasteiger partial charge < -0.3 is 5.32 Å². The summed E-state index contributed by atoms with van der Waals surface area (Å²) >= 11 is 11.8. The Hall–Kier alpha value is -1.65. The first-order valence-corrected chi connectivity index (χ1v) is 7.30. The van der Waals surface area contributed by atoms with Crippen LogP contribution in [-0.4, -0.2) is 5.91 Å². The molecule has 0 saturated carbocycles. The Kier molecular flexibility index (Phi) is 5.37. The summed E-state index contributed by atoms with van der Waals surface area (Å²) in [5.74, 6) is -2.14. The minimum atomic E-state index is -0.945. The van der Waals surface area contributed by atoms with Crippen LogP contribution in [0.2, 0.25) is 10.0 Å². The number of carbonyl (C=O) groups excluding carboxylic acids is 1. The normalized spacial score (nSPS) is 12.0. The van der Waals surface area contributed by atoms with Gasteiger partial charge in [0.05, 0.1) is 12.5 Å². The molecule has 1 N–H and O–H groups in total. The Morgan fingerprint density at radius 2 is 1.86 bits per heavy atom. The highest BCUT2D eigenvalue weighted by molar-refractivity contribution is 6.35. The molecule has 1 unspecified atom stereocenters. The number of nitrogens with one attached hydrogen (secondary N) is 1. The minimum absolute atomic E-state index is 0.0734. The molecular weight excluding hydrogens is 331 g/mol. The quantitative estimate of drug-likeness (QED) is 0.857. The Labute approximate surface area is 137 Å². The Morgan fingerprint density at radius 1 is 1.14 bits per heavy atom. The lowest BCUT2D eigenvalue weighted by molar-refractivity contribution is -0.121. The van der Waals surface area contributed by atoms with Crippen LogP contribution in [0, 0.1) is 11.6 Å². The average Bonchev–Trinajstić information content (AvgIpc) is 2.45. The molecule has 0 bridgehead atoms. The average molecular weight is 344 g/mol. The number of halogens is 4. The van der Waals surface area contributed by atoms with E-state index in [1.807, 2.05) is 0 Å². The molecule has 0 spiro atoms. The molecule has 2 aromatic rings. The van der Waals surface area contributed by atoms with Crippen LogP contribution in [-0.2, 0) is 11.2 Å². The van der Waals surface area contributed by atoms with E-state index in [0.29, 0.717) is 21.2 Å². The van der Waals surface area contributed by atoms with Gasteiger partial charge in [0.2, 0.25) is 5.91 Å². The first-order chi connectivity index (χ1) is 10.4. The molecule has 1 amide bonds. The largest absolute Gasteiger partial charge is 0.349 e. The third-order valence-electron chi connectivity index (χ3n) is 3.19. The van der Waals surface area contributed by atoms with E-state index in [9.17, 15) is 13.6 Å². The number of rotatable bonds is 4. The summed E-state index contributed by atoms with van der Waals surface area (Å²) in [6, 6.07) is 7.96. The second-order valence-electron chi connectivity index (χ2n) is 4.88. The van der Waals surface area contributed by atoms with Crippen LogP contribution in [0.1, 0.15) is 24.1 Å². The molecule has 0 radical (unpaired) electrons. The molecule has 0 saturated heterocycles. The van der Waals surface area contributed by atoms with E-state index < -0.39 is 17.7 Å². The number of hydrogen-bond acceptors (Lipinski definition) is 1. The zero-order valence-corrected chi connectivity index (χ0v) is 13.2. The van der Waals surface area contributed by atoms with Gasteiger partial charge in [-0.3, -0.25) is 4.79 Å². The Morgan fingerprint density at radius 3 is 2.50 bits per heavy atom. The molecule has 2 aromatic carbocycles. The van der Waals surface area contributed by atoms with Crippen molar-refractivity contribution < 1.29 is 13.6 Å². The van der Waals surface area contributed by atoms with Crippen molar-refractivity contribution >= 4 is 29.1 Å². The molecule has 22 heavy (non-hydrogen) atoms. The fourth-order valence-electron chi connectivity index (χ4n) is 2.00. The monoisotopic (exact) mass is 343 g/mol. The first-order valence-electron chi connectivity index (χ1n) is 6.55. The van der Waals surface area contributed by atoms with Gasteiger partial charge in [0.15, 0.2) is 11.6 Å². The van der Waals surface area contributed by atoms with E-state index in [1.165, 1.54) is 6.07 Å². The summed E-state index contributed by atoms with van der Waals surface area (Å²) in [5, 5.41) is 3.61. The SMILES string of the molecule is CC(NC(=O)Cc1ccc(Cl)cc1Cl)c1ccc(F)c(F)c1. The molecule has 6 heteroatoms. The van der Waals surface area contributed by atoms with Gasteiger partial charge in [-0.1, -0.05) is 35.3 Å². The lowest BCUT2D eigenvalue weighted by atomic mass is 10.1. The van der Waals surface area contributed by atoms with Gasteiger partial charge in [0, 0.05) is 10.0 Å². The Balaban J connectivity index is 2.03. The zero-order valence-electron chi connectivity index (χ0n) is 11.7. The fourth-order valence-corrected chi connectivity index (χ4v) is 2.47. The zero-order chi connectivity index (χ0) is 16.3. The summed E-state index contributed by atoms with van der Waals surface area (Å²) in [4.78, 5) is 12.0.